The summed E-state index contributed by atoms with van der Waals surface area (Å²) < 4.78 is 0. The van der Waals surface area contributed by atoms with E-state index in [0.29, 0.717) is 5.56 Å². The van der Waals surface area contributed by atoms with Gasteiger partial charge in [-0.1, -0.05) is 61.5 Å². The summed E-state index contributed by atoms with van der Waals surface area (Å²) in [5.74, 6) is -0.140. The Labute approximate surface area is 132 Å². The van der Waals surface area contributed by atoms with Crippen molar-refractivity contribution in [1.29, 1.82) is 0 Å². The molecule has 1 unspecified atom stereocenters. The van der Waals surface area contributed by atoms with Gasteiger partial charge in [0, 0.05) is 5.56 Å². The molecule has 3 nitrogen and oxygen atoms in total. The molecular formula is C19H22N2O. The Morgan fingerprint density at radius 1 is 1.09 bits per heavy atom. The molecule has 22 heavy (non-hydrogen) atoms. The Balaban J connectivity index is 2.17. The molecular weight excluding hydrogens is 272 g/mol. The number of carbonyl (C=O) groups is 1. The fourth-order valence-corrected chi connectivity index (χ4v) is 2.52. The highest BCUT2D eigenvalue weighted by molar-refractivity contribution is 5.93. The van der Waals surface area contributed by atoms with E-state index in [1.54, 1.807) is 12.1 Å². The number of hydrogen-bond donors (Lipinski definition) is 2. The van der Waals surface area contributed by atoms with Crippen molar-refractivity contribution in [2.45, 2.75) is 25.3 Å². The third-order valence-electron chi connectivity index (χ3n) is 3.87. The van der Waals surface area contributed by atoms with Crippen molar-refractivity contribution < 1.29 is 4.79 Å². The predicted octanol–water partition coefficient (Wildman–Crippen LogP) is 3.80. The van der Waals surface area contributed by atoms with E-state index >= 15 is 0 Å². The van der Waals surface area contributed by atoms with Crippen LogP contribution in [0.5, 0.6) is 0 Å². The number of rotatable bonds is 7. The minimum absolute atomic E-state index is 0.140. The highest BCUT2D eigenvalue weighted by Crippen LogP contribution is 2.28. The lowest BCUT2D eigenvalue weighted by molar-refractivity contribution is 0.0900. The van der Waals surface area contributed by atoms with Gasteiger partial charge in [0.15, 0.2) is 0 Å². The Morgan fingerprint density at radius 3 is 2.23 bits per heavy atom. The third-order valence-corrected chi connectivity index (χ3v) is 3.87. The molecule has 2 aromatic rings. The van der Waals surface area contributed by atoms with Crippen molar-refractivity contribution in [3.63, 3.8) is 0 Å². The van der Waals surface area contributed by atoms with Gasteiger partial charge in [0.2, 0.25) is 0 Å². The van der Waals surface area contributed by atoms with Crippen LogP contribution in [0.1, 0.15) is 35.7 Å². The number of amides is 1. The summed E-state index contributed by atoms with van der Waals surface area (Å²) in [6, 6.07) is 19.3. The summed E-state index contributed by atoms with van der Waals surface area (Å²) in [4.78, 5) is 12.2. The van der Waals surface area contributed by atoms with E-state index in [2.05, 4.69) is 36.5 Å². The minimum atomic E-state index is -0.354. The van der Waals surface area contributed by atoms with Gasteiger partial charge in [0.05, 0.1) is 5.54 Å². The maximum absolute atomic E-state index is 12.2. The number of hydrazine groups is 1. The molecule has 0 saturated carbocycles. The molecule has 1 atom stereocenters. The van der Waals surface area contributed by atoms with E-state index in [-0.39, 0.29) is 11.4 Å². The average molecular weight is 294 g/mol. The molecule has 3 heteroatoms. The van der Waals surface area contributed by atoms with Crippen LogP contribution in [0.3, 0.4) is 0 Å². The van der Waals surface area contributed by atoms with Gasteiger partial charge in [0.1, 0.15) is 0 Å². The van der Waals surface area contributed by atoms with Gasteiger partial charge in [-0.15, -0.1) is 6.58 Å². The van der Waals surface area contributed by atoms with Crippen LogP contribution in [0, 0.1) is 0 Å². The smallest absolute Gasteiger partial charge is 0.265 e. The van der Waals surface area contributed by atoms with Gasteiger partial charge in [-0.05, 0) is 30.5 Å². The molecule has 0 saturated heterocycles. The fourth-order valence-electron chi connectivity index (χ4n) is 2.52. The second-order valence-corrected chi connectivity index (χ2v) is 5.24. The van der Waals surface area contributed by atoms with E-state index in [9.17, 15) is 4.79 Å². The maximum atomic E-state index is 12.2. The first kappa shape index (κ1) is 16.0. The predicted molar refractivity (Wildman–Crippen MR) is 90.3 cm³/mol. The van der Waals surface area contributed by atoms with E-state index in [1.165, 1.54) is 0 Å². The van der Waals surface area contributed by atoms with Gasteiger partial charge >= 0.3 is 0 Å². The van der Waals surface area contributed by atoms with Gasteiger partial charge in [0.25, 0.3) is 5.91 Å². The SMILES string of the molecule is C=CCC(CC)(NNC(=O)c1ccccc1)c1ccccc1. The number of nitrogens with one attached hydrogen (secondary N) is 2. The van der Waals surface area contributed by atoms with Crippen LogP contribution >= 0.6 is 0 Å². The van der Waals surface area contributed by atoms with E-state index < -0.39 is 0 Å². The zero-order valence-corrected chi connectivity index (χ0v) is 12.9. The number of benzene rings is 2. The van der Waals surface area contributed by atoms with E-state index in [0.717, 1.165) is 18.4 Å². The normalized spacial score (nSPS) is 13.1. The molecule has 0 heterocycles. The van der Waals surface area contributed by atoms with Gasteiger partial charge in [-0.25, -0.2) is 5.43 Å². The summed E-state index contributed by atoms with van der Waals surface area (Å²) in [7, 11) is 0. The topological polar surface area (TPSA) is 41.1 Å². The van der Waals surface area contributed by atoms with Crippen LogP contribution in [-0.4, -0.2) is 5.91 Å². The summed E-state index contributed by atoms with van der Waals surface area (Å²) in [6.45, 7) is 5.95. The molecule has 0 radical (unpaired) electrons. The van der Waals surface area contributed by atoms with Crippen molar-refractivity contribution in [2.24, 2.45) is 0 Å². The first-order valence-electron chi connectivity index (χ1n) is 7.51. The fraction of sp³-hybridized carbons (Fsp3) is 0.211. The lowest BCUT2D eigenvalue weighted by atomic mass is 9.85. The van der Waals surface area contributed by atoms with Crippen molar-refractivity contribution >= 4 is 5.91 Å². The molecule has 2 rings (SSSR count). The minimum Gasteiger partial charge on any atom is -0.287 e. The maximum Gasteiger partial charge on any atom is 0.265 e. The highest BCUT2D eigenvalue weighted by Gasteiger charge is 2.29. The second-order valence-electron chi connectivity index (χ2n) is 5.24. The number of hydrogen-bond acceptors (Lipinski definition) is 2. The largest absolute Gasteiger partial charge is 0.287 e. The van der Waals surface area contributed by atoms with Crippen molar-refractivity contribution in [3.8, 4) is 0 Å². The standard InChI is InChI=1S/C19H22N2O/c1-3-15-19(4-2,17-13-9-6-10-14-17)21-20-18(22)16-11-7-5-8-12-16/h3,5-14,21H,1,4,15H2,2H3,(H,20,22). The van der Waals surface area contributed by atoms with Crippen molar-refractivity contribution in [3.05, 3.63) is 84.4 Å². The Kier molecular flexibility index (Phi) is 5.50. The molecule has 2 N–H and O–H groups in total. The molecule has 0 spiro atoms. The molecule has 0 aliphatic carbocycles. The quantitative estimate of drug-likeness (QED) is 0.602. The molecule has 114 valence electrons. The third kappa shape index (κ3) is 3.62. The van der Waals surface area contributed by atoms with Crippen LogP contribution in [-0.2, 0) is 5.54 Å². The Morgan fingerprint density at radius 2 is 1.68 bits per heavy atom. The van der Waals surface area contributed by atoms with Gasteiger partial charge < -0.3 is 0 Å². The van der Waals surface area contributed by atoms with Crippen LogP contribution < -0.4 is 10.9 Å². The second kappa shape index (κ2) is 7.57. The lowest BCUT2D eigenvalue weighted by Gasteiger charge is -2.33. The Bertz CT molecular complexity index is 610. The summed E-state index contributed by atoms with van der Waals surface area (Å²) in [5, 5.41) is 0. The monoisotopic (exact) mass is 294 g/mol. The van der Waals surface area contributed by atoms with Crippen molar-refractivity contribution in [2.75, 3.05) is 0 Å². The van der Waals surface area contributed by atoms with Crippen LogP contribution in [0.4, 0.5) is 0 Å². The highest BCUT2D eigenvalue weighted by atomic mass is 16.2. The van der Waals surface area contributed by atoms with Crippen LogP contribution in [0.25, 0.3) is 0 Å². The first-order valence-corrected chi connectivity index (χ1v) is 7.51. The molecule has 2 aromatic carbocycles. The van der Waals surface area contributed by atoms with Gasteiger partial charge in [-0.3, -0.25) is 10.2 Å². The molecule has 0 aromatic heterocycles. The average Bonchev–Trinajstić information content (AvgIpc) is 2.60. The molecule has 0 bridgehead atoms. The zero-order chi connectivity index (χ0) is 15.8. The molecule has 1 amide bonds. The lowest BCUT2D eigenvalue weighted by Crippen LogP contribution is -2.51. The van der Waals surface area contributed by atoms with Crippen LogP contribution in [0.15, 0.2) is 73.3 Å². The van der Waals surface area contributed by atoms with E-state index in [1.807, 2.05) is 42.5 Å². The summed E-state index contributed by atoms with van der Waals surface area (Å²) in [6.07, 6.45) is 3.43. The molecule has 0 aliphatic rings. The van der Waals surface area contributed by atoms with Crippen LogP contribution in [0.2, 0.25) is 0 Å². The summed E-state index contributed by atoms with van der Waals surface area (Å²) in [5.41, 5.74) is 7.47. The first-order chi connectivity index (χ1) is 10.7. The molecule has 0 fully saturated rings. The van der Waals surface area contributed by atoms with Gasteiger partial charge in [-0.2, -0.15) is 0 Å². The zero-order valence-electron chi connectivity index (χ0n) is 12.9. The Hall–Kier alpha value is -2.39. The number of carbonyl (C=O) groups excluding carboxylic acids is 1. The molecule has 0 aliphatic heterocycles. The summed E-state index contributed by atoms with van der Waals surface area (Å²) >= 11 is 0. The van der Waals surface area contributed by atoms with E-state index in [4.69, 9.17) is 0 Å². The van der Waals surface area contributed by atoms with Crippen molar-refractivity contribution in [1.82, 2.24) is 10.9 Å².